The maximum Gasteiger partial charge on any atom is 0.259 e. The Balaban J connectivity index is 2.82. The van der Waals surface area contributed by atoms with Gasteiger partial charge in [0.25, 0.3) is 8.53 Å². The highest BCUT2D eigenvalue weighted by Crippen LogP contribution is 2.46. The summed E-state index contributed by atoms with van der Waals surface area (Å²) in [5.41, 5.74) is 0.973. The molecule has 1 atom stereocenters. The molecule has 1 unspecified atom stereocenters. The van der Waals surface area contributed by atoms with E-state index in [1.165, 1.54) is 0 Å². The molecule has 0 saturated heterocycles. The molecule has 0 heterocycles. The summed E-state index contributed by atoms with van der Waals surface area (Å²) in [6.45, 7) is 9.01. The van der Waals surface area contributed by atoms with Gasteiger partial charge in [-0.25, -0.2) is 4.67 Å². The Kier molecular flexibility index (Phi) is 8.12. The van der Waals surface area contributed by atoms with Crippen molar-refractivity contribution < 1.29 is 18.5 Å². The van der Waals surface area contributed by atoms with E-state index in [9.17, 15) is 0 Å². The van der Waals surface area contributed by atoms with Crippen LogP contribution in [-0.2, 0) is 15.7 Å². The van der Waals surface area contributed by atoms with Crippen molar-refractivity contribution in [1.29, 1.82) is 0 Å². The first kappa shape index (κ1) is 19.2. The molecule has 0 spiro atoms. The van der Waals surface area contributed by atoms with Crippen LogP contribution in [0.4, 0.5) is 0 Å². The van der Waals surface area contributed by atoms with E-state index < -0.39 is 8.53 Å². The van der Waals surface area contributed by atoms with Crippen LogP contribution in [0.1, 0.15) is 33.3 Å². The highest BCUT2D eigenvalue weighted by atomic mass is 31.2. The van der Waals surface area contributed by atoms with E-state index in [2.05, 4.69) is 32.4 Å². The van der Waals surface area contributed by atoms with Gasteiger partial charge in [0.2, 0.25) is 0 Å². The van der Waals surface area contributed by atoms with Crippen LogP contribution in [0.5, 0.6) is 11.5 Å². The van der Waals surface area contributed by atoms with Crippen LogP contribution in [0.3, 0.4) is 0 Å². The Morgan fingerprint density at radius 1 is 1.00 bits per heavy atom. The van der Waals surface area contributed by atoms with E-state index in [4.69, 9.17) is 18.5 Å². The van der Waals surface area contributed by atoms with Crippen LogP contribution in [0.15, 0.2) is 18.2 Å². The highest BCUT2D eigenvalue weighted by molar-refractivity contribution is 7.44. The van der Waals surface area contributed by atoms with Gasteiger partial charge >= 0.3 is 0 Å². The molecule has 0 fully saturated rings. The minimum Gasteiger partial charge on any atom is -0.497 e. The molecule has 0 aromatic heterocycles. The molecular weight excluding hydrogens is 301 g/mol. The van der Waals surface area contributed by atoms with E-state index in [-0.39, 0.29) is 0 Å². The van der Waals surface area contributed by atoms with Gasteiger partial charge in [-0.05, 0) is 39.8 Å². The lowest BCUT2D eigenvalue weighted by Crippen LogP contribution is -2.33. The molecule has 1 aromatic carbocycles. The summed E-state index contributed by atoms with van der Waals surface area (Å²) in [6.07, 6.45) is 0. The molecule has 5 nitrogen and oxygen atoms in total. The summed E-state index contributed by atoms with van der Waals surface area (Å²) in [6, 6.07) is 6.42. The third-order valence-corrected chi connectivity index (χ3v) is 5.19. The van der Waals surface area contributed by atoms with Crippen molar-refractivity contribution in [2.75, 3.05) is 21.3 Å². The van der Waals surface area contributed by atoms with Crippen molar-refractivity contribution in [3.8, 4) is 11.5 Å². The molecule has 0 aliphatic heterocycles. The van der Waals surface area contributed by atoms with Crippen LogP contribution in [0.25, 0.3) is 0 Å². The summed E-state index contributed by atoms with van der Waals surface area (Å²) < 4.78 is 24.5. The first-order chi connectivity index (χ1) is 10.4. The van der Waals surface area contributed by atoms with Crippen molar-refractivity contribution in [3.63, 3.8) is 0 Å². The molecule has 0 radical (unpaired) electrons. The molecule has 0 amide bonds. The monoisotopic (exact) mass is 329 g/mol. The molecule has 0 saturated carbocycles. The molecule has 0 N–H and O–H groups in total. The zero-order valence-corrected chi connectivity index (χ0v) is 15.5. The molecule has 6 heteroatoms. The lowest BCUT2D eigenvalue weighted by molar-refractivity contribution is 0.187. The first-order valence-corrected chi connectivity index (χ1v) is 8.53. The fourth-order valence-electron chi connectivity index (χ4n) is 2.28. The average Bonchev–Trinajstić information content (AvgIpc) is 2.50. The van der Waals surface area contributed by atoms with Crippen molar-refractivity contribution >= 4 is 8.53 Å². The number of ether oxygens (including phenoxy) is 2. The Bertz CT molecular complexity index is 446. The van der Waals surface area contributed by atoms with Crippen LogP contribution in [-0.4, -0.2) is 38.1 Å². The number of methoxy groups -OCH3 is 2. The second-order valence-corrected chi connectivity index (χ2v) is 7.00. The van der Waals surface area contributed by atoms with Crippen molar-refractivity contribution in [1.82, 2.24) is 4.67 Å². The van der Waals surface area contributed by atoms with E-state index in [0.717, 1.165) is 17.1 Å². The van der Waals surface area contributed by atoms with Gasteiger partial charge in [-0.2, -0.15) is 0 Å². The number of hydrogen-bond donors (Lipinski definition) is 0. The number of hydrogen-bond acceptors (Lipinski definition) is 5. The maximum absolute atomic E-state index is 6.03. The molecule has 0 bridgehead atoms. The van der Waals surface area contributed by atoms with Gasteiger partial charge in [-0.1, -0.05) is 0 Å². The van der Waals surface area contributed by atoms with Gasteiger partial charge in [0, 0.05) is 30.8 Å². The summed E-state index contributed by atoms with van der Waals surface area (Å²) in [4.78, 5) is 0. The Morgan fingerprint density at radius 3 is 2.09 bits per heavy atom. The summed E-state index contributed by atoms with van der Waals surface area (Å²) >= 11 is 0. The lowest BCUT2D eigenvalue weighted by Gasteiger charge is -2.34. The fraction of sp³-hybridized carbons (Fsp3) is 0.625. The van der Waals surface area contributed by atoms with Gasteiger partial charge in [-0.3, -0.25) is 0 Å². The molecule has 1 aromatic rings. The van der Waals surface area contributed by atoms with Crippen LogP contribution in [0, 0.1) is 0 Å². The quantitative estimate of drug-likeness (QED) is 0.635. The standard InChI is InChI=1S/C16H28NO4P/c1-12(2)17(13(3)4)22(20-7)21-11-14-8-9-15(18-5)10-16(14)19-6/h8-10,12-13H,11H2,1-7H3. The molecule has 0 aliphatic carbocycles. The van der Waals surface area contributed by atoms with Crippen LogP contribution < -0.4 is 9.47 Å². The van der Waals surface area contributed by atoms with E-state index in [0.29, 0.717) is 18.7 Å². The molecule has 126 valence electrons. The minimum atomic E-state index is -1.11. The largest absolute Gasteiger partial charge is 0.497 e. The Hall–Kier alpha value is -0.870. The molecule has 0 aliphatic rings. The molecule has 1 rings (SSSR count). The van der Waals surface area contributed by atoms with E-state index >= 15 is 0 Å². The second-order valence-electron chi connectivity index (χ2n) is 5.44. The smallest absolute Gasteiger partial charge is 0.259 e. The van der Waals surface area contributed by atoms with Gasteiger partial charge in [0.05, 0.1) is 20.8 Å². The molecular formula is C16H28NO4P. The summed E-state index contributed by atoms with van der Waals surface area (Å²) in [5.74, 6) is 1.52. The predicted octanol–water partition coefficient (Wildman–Crippen LogP) is 4.21. The van der Waals surface area contributed by atoms with Gasteiger partial charge in [0.15, 0.2) is 0 Å². The van der Waals surface area contributed by atoms with Gasteiger partial charge in [0.1, 0.15) is 11.5 Å². The predicted molar refractivity (Wildman–Crippen MR) is 90.4 cm³/mol. The van der Waals surface area contributed by atoms with Crippen LogP contribution >= 0.6 is 8.53 Å². The summed E-state index contributed by atoms with van der Waals surface area (Å²) in [7, 11) is 3.86. The van der Waals surface area contributed by atoms with Gasteiger partial charge in [-0.15, -0.1) is 0 Å². The number of benzene rings is 1. The SMILES string of the molecule is COc1ccc(COP(OC)N(C(C)C)C(C)C)c(OC)c1. The zero-order valence-electron chi connectivity index (χ0n) is 14.6. The van der Waals surface area contributed by atoms with Crippen LogP contribution in [0.2, 0.25) is 0 Å². The second kappa shape index (κ2) is 9.31. The first-order valence-electron chi connectivity index (χ1n) is 7.40. The number of rotatable bonds is 9. The normalized spacial score (nSPS) is 13.0. The van der Waals surface area contributed by atoms with Crippen molar-refractivity contribution in [3.05, 3.63) is 23.8 Å². The Labute approximate surface area is 135 Å². The zero-order chi connectivity index (χ0) is 16.7. The topological polar surface area (TPSA) is 40.2 Å². The highest BCUT2D eigenvalue weighted by Gasteiger charge is 2.26. The van der Waals surface area contributed by atoms with Crippen molar-refractivity contribution in [2.45, 2.75) is 46.4 Å². The maximum atomic E-state index is 6.03. The minimum absolute atomic E-state index is 0.351. The Morgan fingerprint density at radius 2 is 1.64 bits per heavy atom. The fourth-order valence-corrected chi connectivity index (χ4v) is 3.71. The lowest BCUT2D eigenvalue weighted by atomic mass is 10.2. The third kappa shape index (κ3) is 5.10. The summed E-state index contributed by atoms with van der Waals surface area (Å²) in [5, 5.41) is 0. The van der Waals surface area contributed by atoms with E-state index in [1.54, 1.807) is 21.3 Å². The molecule has 22 heavy (non-hydrogen) atoms. The van der Waals surface area contributed by atoms with E-state index in [1.807, 2.05) is 18.2 Å². The third-order valence-electron chi connectivity index (χ3n) is 3.23. The average molecular weight is 329 g/mol. The van der Waals surface area contributed by atoms with Crippen molar-refractivity contribution in [2.24, 2.45) is 0 Å². The van der Waals surface area contributed by atoms with Gasteiger partial charge < -0.3 is 18.5 Å². The number of nitrogens with zero attached hydrogens (tertiary/aromatic N) is 1.